The third kappa shape index (κ3) is 2.51. The van der Waals surface area contributed by atoms with Crippen LogP contribution >= 0.6 is 23.4 Å². The van der Waals surface area contributed by atoms with Crippen molar-refractivity contribution in [3.05, 3.63) is 23.2 Å². The van der Waals surface area contributed by atoms with Crippen LogP contribution in [0.2, 0.25) is 5.15 Å². The quantitative estimate of drug-likeness (QED) is 0.682. The van der Waals surface area contributed by atoms with Crippen LogP contribution in [0.5, 0.6) is 0 Å². The molecule has 0 N–H and O–H groups in total. The number of hydrogen-bond donors (Lipinski definition) is 0. The predicted octanol–water partition coefficient (Wildman–Crippen LogP) is 3.67. The number of halogens is 1. The molecule has 0 aliphatic rings. The fourth-order valence-electron chi connectivity index (χ4n) is 2.25. The molecule has 0 atom stereocenters. The highest BCUT2D eigenvalue weighted by Gasteiger charge is 2.22. The number of rotatable bonds is 4. The lowest BCUT2D eigenvalue weighted by Crippen LogP contribution is -1.95. The highest BCUT2D eigenvalue weighted by molar-refractivity contribution is 7.99. The fourth-order valence-corrected chi connectivity index (χ4v) is 2.97. The van der Waals surface area contributed by atoms with Crippen molar-refractivity contribution >= 4 is 28.9 Å². The van der Waals surface area contributed by atoms with E-state index in [-0.39, 0.29) is 5.92 Å². The van der Waals surface area contributed by atoms with E-state index in [9.17, 15) is 0 Å². The molecule has 0 fully saturated rings. The molecule has 110 valence electrons. The average molecular weight is 324 g/mol. The molecule has 0 spiro atoms. The summed E-state index contributed by atoms with van der Waals surface area (Å²) in [5.41, 5.74) is 2.65. The number of aromatic nitrogens is 5. The molecule has 0 aliphatic carbocycles. The van der Waals surface area contributed by atoms with Gasteiger partial charge in [-0.2, -0.15) is 5.10 Å². The summed E-state index contributed by atoms with van der Waals surface area (Å²) in [6.45, 7) is 6.20. The first-order valence-corrected chi connectivity index (χ1v) is 7.96. The molecule has 0 radical (unpaired) electrons. The van der Waals surface area contributed by atoms with E-state index in [0.29, 0.717) is 16.3 Å². The first-order valence-electron chi connectivity index (χ1n) is 6.60. The largest absolute Gasteiger partial charge is 0.411 e. The van der Waals surface area contributed by atoms with Gasteiger partial charge < -0.3 is 4.42 Å². The van der Waals surface area contributed by atoms with Crippen molar-refractivity contribution in [2.45, 2.75) is 31.9 Å². The normalized spacial score (nSPS) is 11.7. The second kappa shape index (κ2) is 5.65. The van der Waals surface area contributed by atoms with Gasteiger partial charge in [-0.15, -0.1) is 10.2 Å². The molecule has 6 nitrogen and oxygen atoms in total. The van der Waals surface area contributed by atoms with E-state index in [1.807, 2.05) is 13.1 Å². The van der Waals surface area contributed by atoms with Crippen LogP contribution in [0.3, 0.4) is 0 Å². The Morgan fingerprint density at radius 2 is 2.19 bits per heavy atom. The van der Waals surface area contributed by atoms with Crippen molar-refractivity contribution < 1.29 is 4.42 Å². The zero-order valence-corrected chi connectivity index (χ0v) is 13.4. The zero-order chi connectivity index (χ0) is 15.0. The van der Waals surface area contributed by atoms with Gasteiger partial charge in [-0.25, -0.2) is 9.50 Å². The van der Waals surface area contributed by atoms with Gasteiger partial charge in [0.2, 0.25) is 0 Å². The third-order valence-electron chi connectivity index (χ3n) is 3.05. The number of thioether (sulfide) groups is 1. The van der Waals surface area contributed by atoms with Gasteiger partial charge in [0.1, 0.15) is 11.8 Å². The molecule has 0 saturated carbocycles. The Morgan fingerprint density at radius 3 is 2.90 bits per heavy atom. The minimum absolute atomic E-state index is 0.225. The van der Waals surface area contributed by atoms with Crippen LogP contribution in [0, 0.1) is 0 Å². The van der Waals surface area contributed by atoms with Crippen molar-refractivity contribution in [1.82, 2.24) is 24.8 Å². The van der Waals surface area contributed by atoms with Gasteiger partial charge in [-0.3, -0.25) is 0 Å². The van der Waals surface area contributed by atoms with Gasteiger partial charge in [0.25, 0.3) is 11.1 Å². The summed E-state index contributed by atoms with van der Waals surface area (Å²) in [5.74, 6) is 1.59. The Hall–Kier alpha value is -1.60. The minimum atomic E-state index is 0.225. The molecular formula is C13H14ClN5OS. The highest BCUT2D eigenvalue weighted by atomic mass is 35.5. The second-order valence-corrected chi connectivity index (χ2v) is 6.33. The SMILES string of the molecule is CCSc1nnc(-c2cn3ncnc(Cl)c3c2C(C)C)o1. The van der Waals surface area contributed by atoms with Gasteiger partial charge >= 0.3 is 0 Å². The predicted molar refractivity (Wildman–Crippen MR) is 81.8 cm³/mol. The molecule has 21 heavy (non-hydrogen) atoms. The van der Waals surface area contributed by atoms with E-state index >= 15 is 0 Å². The highest BCUT2D eigenvalue weighted by Crippen LogP contribution is 2.36. The molecule has 8 heteroatoms. The van der Waals surface area contributed by atoms with Gasteiger partial charge in [-0.1, -0.05) is 44.1 Å². The summed E-state index contributed by atoms with van der Waals surface area (Å²) in [6, 6.07) is 0. The van der Waals surface area contributed by atoms with Crippen LogP contribution in [0.1, 0.15) is 32.3 Å². The lowest BCUT2D eigenvalue weighted by atomic mass is 10.0. The van der Waals surface area contributed by atoms with E-state index in [1.54, 1.807) is 4.52 Å². The zero-order valence-electron chi connectivity index (χ0n) is 11.9. The van der Waals surface area contributed by atoms with Crippen molar-refractivity contribution in [3.63, 3.8) is 0 Å². The molecule has 0 unspecified atom stereocenters. The molecular weight excluding hydrogens is 310 g/mol. The molecule has 3 aromatic rings. The van der Waals surface area contributed by atoms with Crippen LogP contribution in [0.25, 0.3) is 17.0 Å². The Morgan fingerprint density at radius 1 is 1.38 bits per heavy atom. The molecule has 3 heterocycles. The molecule has 0 saturated heterocycles. The number of hydrogen-bond acceptors (Lipinski definition) is 6. The fraction of sp³-hybridized carbons (Fsp3) is 0.385. The maximum atomic E-state index is 6.22. The van der Waals surface area contributed by atoms with E-state index in [2.05, 4.69) is 34.1 Å². The first-order chi connectivity index (χ1) is 10.1. The van der Waals surface area contributed by atoms with Gasteiger partial charge in [0.05, 0.1) is 5.56 Å². The molecule has 0 aliphatic heterocycles. The Kier molecular flexibility index (Phi) is 3.86. The maximum absolute atomic E-state index is 6.22. The van der Waals surface area contributed by atoms with Crippen LogP contribution in [0.4, 0.5) is 0 Å². The number of fused-ring (bicyclic) bond motifs is 1. The maximum Gasteiger partial charge on any atom is 0.276 e. The standard InChI is InChI=1S/C13H14ClN5OS/c1-4-21-13-18-17-12(20-13)8-5-19-10(9(8)7(2)3)11(14)15-6-16-19/h5-7H,4H2,1-3H3. The van der Waals surface area contributed by atoms with Crippen molar-refractivity contribution in [2.24, 2.45) is 0 Å². The number of nitrogens with zero attached hydrogens (tertiary/aromatic N) is 5. The van der Waals surface area contributed by atoms with Crippen molar-refractivity contribution in [3.8, 4) is 11.5 Å². The second-order valence-electron chi connectivity index (χ2n) is 4.76. The third-order valence-corrected chi connectivity index (χ3v) is 4.03. The Bertz CT molecular complexity index is 782. The van der Waals surface area contributed by atoms with E-state index in [1.165, 1.54) is 18.1 Å². The summed E-state index contributed by atoms with van der Waals surface area (Å²) >= 11 is 7.73. The summed E-state index contributed by atoms with van der Waals surface area (Å²) < 4.78 is 7.41. The smallest absolute Gasteiger partial charge is 0.276 e. The molecule has 0 aromatic carbocycles. The van der Waals surface area contributed by atoms with E-state index < -0.39 is 0 Å². The van der Waals surface area contributed by atoms with Crippen LogP contribution in [0.15, 0.2) is 22.2 Å². The molecule has 0 bridgehead atoms. The van der Waals surface area contributed by atoms with Crippen molar-refractivity contribution in [2.75, 3.05) is 5.75 Å². The van der Waals surface area contributed by atoms with E-state index in [0.717, 1.165) is 22.4 Å². The first kappa shape index (κ1) is 14.3. The van der Waals surface area contributed by atoms with Gasteiger partial charge in [0, 0.05) is 6.20 Å². The average Bonchev–Trinajstić information content (AvgIpc) is 3.03. The topological polar surface area (TPSA) is 69.1 Å². The Balaban J connectivity index is 2.21. The van der Waals surface area contributed by atoms with Crippen molar-refractivity contribution in [1.29, 1.82) is 0 Å². The summed E-state index contributed by atoms with van der Waals surface area (Å²) in [5, 5.41) is 13.4. The summed E-state index contributed by atoms with van der Waals surface area (Å²) in [4.78, 5) is 4.05. The lowest BCUT2D eigenvalue weighted by molar-refractivity contribution is 0.465. The van der Waals surface area contributed by atoms with Crippen LogP contribution < -0.4 is 0 Å². The molecule has 0 amide bonds. The van der Waals surface area contributed by atoms with Gasteiger partial charge in [-0.05, 0) is 17.2 Å². The van der Waals surface area contributed by atoms with Crippen LogP contribution in [-0.2, 0) is 0 Å². The molecule has 3 aromatic heterocycles. The summed E-state index contributed by atoms with van der Waals surface area (Å²) in [7, 11) is 0. The summed E-state index contributed by atoms with van der Waals surface area (Å²) in [6.07, 6.45) is 3.28. The monoisotopic (exact) mass is 323 g/mol. The minimum Gasteiger partial charge on any atom is -0.411 e. The van der Waals surface area contributed by atoms with Crippen LogP contribution in [-0.4, -0.2) is 30.5 Å². The lowest BCUT2D eigenvalue weighted by Gasteiger charge is -2.06. The Labute approximate surface area is 130 Å². The van der Waals surface area contributed by atoms with E-state index in [4.69, 9.17) is 16.0 Å². The molecule has 3 rings (SSSR count). The van der Waals surface area contributed by atoms with Gasteiger partial charge in [0.15, 0.2) is 5.15 Å².